The molecule has 0 aromatic heterocycles. The predicted molar refractivity (Wildman–Crippen MR) is 95.8 cm³/mol. The minimum absolute atomic E-state index is 0.0415. The number of rotatable bonds is 3. The van der Waals surface area contributed by atoms with Crippen molar-refractivity contribution in [2.45, 2.75) is 38.3 Å². The van der Waals surface area contributed by atoms with Gasteiger partial charge < -0.3 is 15.0 Å². The number of ether oxygens (including phenoxy) is 1. The Kier molecular flexibility index (Phi) is 3.98. The summed E-state index contributed by atoms with van der Waals surface area (Å²) < 4.78 is 5.42. The largest absolute Gasteiger partial charge is 0.368 e. The van der Waals surface area contributed by atoms with E-state index >= 15 is 0 Å². The van der Waals surface area contributed by atoms with E-state index in [0.29, 0.717) is 12.6 Å². The standard InChI is InChI=1S/C20H22N2O2/c1-14-13-15-5-2-3-6-18(15)22(14)17-10-8-16(9-11-17)21-20(23)19-7-4-12-24-19/h2-3,5-6,8-11,14,19H,4,7,12-13H2,1H3,(H,21,23). The lowest BCUT2D eigenvalue weighted by atomic mass is 10.1. The highest BCUT2D eigenvalue weighted by Crippen LogP contribution is 2.38. The Labute approximate surface area is 142 Å². The number of fused-ring (bicyclic) bond motifs is 1. The number of para-hydroxylation sites is 1. The van der Waals surface area contributed by atoms with Crippen LogP contribution in [0.4, 0.5) is 17.1 Å². The summed E-state index contributed by atoms with van der Waals surface area (Å²) in [7, 11) is 0. The van der Waals surface area contributed by atoms with E-state index in [1.54, 1.807) is 0 Å². The van der Waals surface area contributed by atoms with Crippen LogP contribution in [0.2, 0.25) is 0 Å². The van der Waals surface area contributed by atoms with Crippen molar-refractivity contribution in [3.8, 4) is 0 Å². The maximum atomic E-state index is 12.1. The molecule has 2 aromatic carbocycles. The summed E-state index contributed by atoms with van der Waals surface area (Å²) in [6.45, 7) is 2.93. The highest BCUT2D eigenvalue weighted by Gasteiger charge is 2.27. The minimum Gasteiger partial charge on any atom is -0.368 e. The quantitative estimate of drug-likeness (QED) is 0.932. The smallest absolute Gasteiger partial charge is 0.253 e. The zero-order valence-corrected chi connectivity index (χ0v) is 13.9. The molecule has 1 fully saturated rings. The summed E-state index contributed by atoms with van der Waals surface area (Å²) in [6, 6.07) is 17.1. The molecule has 2 atom stereocenters. The van der Waals surface area contributed by atoms with Gasteiger partial charge in [0.25, 0.3) is 5.91 Å². The van der Waals surface area contributed by atoms with Gasteiger partial charge in [-0.15, -0.1) is 0 Å². The first-order chi connectivity index (χ1) is 11.7. The highest BCUT2D eigenvalue weighted by molar-refractivity contribution is 5.94. The first-order valence-electron chi connectivity index (χ1n) is 8.62. The van der Waals surface area contributed by atoms with Crippen LogP contribution in [-0.2, 0) is 16.0 Å². The average molecular weight is 322 g/mol. The zero-order valence-electron chi connectivity index (χ0n) is 13.9. The predicted octanol–water partition coefficient (Wildman–Crippen LogP) is 3.89. The second kappa shape index (κ2) is 6.29. The van der Waals surface area contributed by atoms with E-state index in [-0.39, 0.29) is 12.0 Å². The summed E-state index contributed by atoms with van der Waals surface area (Å²) in [5.41, 5.74) is 4.64. The van der Waals surface area contributed by atoms with Crippen LogP contribution in [0.3, 0.4) is 0 Å². The number of amides is 1. The van der Waals surface area contributed by atoms with E-state index in [1.807, 2.05) is 12.1 Å². The molecule has 0 bridgehead atoms. The first kappa shape index (κ1) is 15.2. The second-order valence-corrected chi connectivity index (χ2v) is 6.59. The molecule has 0 radical (unpaired) electrons. The lowest BCUT2D eigenvalue weighted by molar-refractivity contribution is -0.124. The maximum absolute atomic E-state index is 12.1. The van der Waals surface area contributed by atoms with Crippen LogP contribution < -0.4 is 10.2 Å². The van der Waals surface area contributed by atoms with Gasteiger partial charge in [0.2, 0.25) is 0 Å². The van der Waals surface area contributed by atoms with Gasteiger partial charge in [-0.3, -0.25) is 4.79 Å². The van der Waals surface area contributed by atoms with Gasteiger partial charge in [0.15, 0.2) is 0 Å². The van der Waals surface area contributed by atoms with Gasteiger partial charge in [-0.1, -0.05) is 18.2 Å². The SMILES string of the molecule is CC1Cc2ccccc2N1c1ccc(NC(=O)C2CCCO2)cc1. The van der Waals surface area contributed by atoms with Gasteiger partial charge in [-0.2, -0.15) is 0 Å². The summed E-state index contributed by atoms with van der Waals surface area (Å²) in [6.07, 6.45) is 2.54. The number of benzene rings is 2. The monoisotopic (exact) mass is 322 g/mol. The van der Waals surface area contributed by atoms with Crippen molar-refractivity contribution in [3.05, 3.63) is 54.1 Å². The topological polar surface area (TPSA) is 41.6 Å². The molecule has 4 heteroatoms. The fourth-order valence-corrected chi connectivity index (χ4v) is 3.67. The molecule has 2 unspecified atom stereocenters. The van der Waals surface area contributed by atoms with E-state index in [9.17, 15) is 4.79 Å². The van der Waals surface area contributed by atoms with Crippen molar-refractivity contribution < 1.29 is 9.53 Å². The molecule has 0 spiro atoms. The van der Waals surface area contributed by atoms with Gasteiger partial charge >= 0.3 is 0 Å². The average Bonchev–Trinajstić information content (AvgIpc) is 3.23. The Bertz CT molecular complexity index is 736. The molecule has 2 aliphatic heterocycles. The summed E-state index contributed by atoms with van der Waals surface area (Å²) in [5, 5.41) is 2.95. The van der Waals surface area contributed by atoms with Crippen molar-refractivity contribution in [1.82, 2.24) is 0 Å². The molecular weight excluding hydrogens is 300 g/mol. The van der Waals surface area contributed by atoms with E-state index < -0.39 is 0 Å². The van der Waals surface area contributed by atoms with Gasteiger partial charge in [0, 0.05) is 29.7 Å². The van der Waals surface area contributed by atoms with Crippen LogP contribution in [0, 0.1) is 0 Å². The minimum atomic E-state index is -0.296. The molecular formula is C20H22N2O2. The van der Waals surface area contributed by atoms with Gasteiger partial charge in [0.1, 0.15) is 6.10 Å². The fourth-order valence-electron chi connectivity index (χ4n) is 3.67. The van der Waals surface area contributed by atoms with Crippen LogP contribution in [-0.4, -0.2) is 24.7 Å². The van der Waals surface area contributed by atoms with Crippen LogP contribution >= 0.6 is 0 Å². The van der Waals surface area contributed by atoms with E-state index in [1.165, 1.54) is 11.3 Å². The number of carbonyl (C=O) groups is 1. The molecule has 2 heterocycles. The molecule has 2 aromatic rings. The molecule has 4 rings (SSSR count). The molecule has 1 amide bonds. The van der Waals surface area contributed by atoms with E-state index in [0.717, 1.165) is 30.6 Å². The van der Waals surface area contributed by atoms with E-state index in [4.69, 9.17) is 4.74 Å². The summed E-state index contributed by atoms with van der Waals surface area (Å²) >= 11 is 0. The fraction of sp³-hybridized carbons (Fsp3) is 0.350. The Morgan fingerprint density at radius 2 is 1.96 bits per heavy atom. The number of hydrogen-bond acceptors (Lipinski definition) is 3. The van der Waals surface area contributed by atoms with Crippen LogP contribution in [0.5, 0.6) is 0 Å². The Hall–Kier alpha value is -2.33. The normalized spacial score (nSPS) is 22.5. The maximum Gasteiger partial charge on any atom is 0.253 e. The zero-order chi connectivity index (χ0) is 16.5. The van der Waals surface area contributed by atoms with Crippen LogP contribution in [0.1, 0.15) is 25.3 Å². The molecule has 2 aliphatic rings. The van der Waals surface area contributed by atoms with Crippen LogP contribution in [0.15, 0.2) is 48.5 Å². The molecule has 124 valence electrons. The summed E-state index contributed by atoms with van der Waals surface area (Å²) in [4.78, 5) is 14.5. The lowest BCUT2D eigenvalue weighted by Crippen LogP contribution is -2.27. The third-order valence-electron chi connectivity index (χ3n) is 4.84. The Balaban J connectivity index is 1.51. The van der Waals surface area contributed by atoms with Crippen molar-refractivity contribution in [3.63, 3.8) is 0 Å². The van der Waals surface area contributed by atoms with Crippen molar-refractivity contribution in [2.24, 2.45) is 0 Å². The molecule has 4 nitrogen and oxygen atoms in total. The molecule has 0 saturated carbocycles. The number of carbonyl (C=O) groups excluding carboxylic acids is 1. The van der Waals surface area contributed by atoms with Crippen molar-refractivity contribution in [1.29, 1.82) is 0 Å². The van der Waals surface area contributed by atoms with Gasteiger partial charge in [-0.05, 0) is 62.1 Å². The third-order valence-corrected chi connectivity index (χ3v) is 4.84. The van der Waals surface area contributed by atoms with Gasteiger partial charge in [0.05, 0.1) is 0 Å². The molecule has 0 aliphatic carbocycles. The number of hydrogen-bond donors (Lipinski definition) is 1. The molecule has 24 heavy (non-hydrogen) atoms. The van der Waals surface area contributed by atoms with Crippen molar-refractivity contribution in [2.75, 3.05) is 16.8 Å². The third kappa shape index (κ3) is 2.78. The highest BCUT2D eigenvalue weighted by atomic mass is 16.5. The first-order valence-corrected chi connectivity index (χ1v) is 8.62. The van der Waals surface area contributed by atoms with E-state index in [2.05, 4.69) is 53.5 Å². The van der Waals surface area contributed by atoms with Gasteiger partial charge in [-0.25, -0.2) is 0 Å². The molecule has 1 N–H and O–H groups in total. The molecule has 1 saturated heterocycles. The number of anilines is 3. The number of nitrogens with one attached hydrogen (secondary N) is 1. The van der Waals surface area contributed by atoms with Crippen molar-refractivity contribution >= 4 is 23.0 Å². The Morgan fingerprint density at radius 3 is 2.71 bits per heavy atom. The van der Waals surface area contributed by atoms with Crippen LogP contribution in [0.25, 0.3) is 0 Å². The summed E-state index contributed by atoms with van der Waals surface area (Å²) in [5.74, 6) is -0.0415. The lowest BCUT2D eigenvalue weighted by Gasteiger charge is -2.25. The Morgan fingerprint density at radius 1 is 1.17 bits per heavy atom. The second-order valence-electron chi connectivity index (χ2n) is 6.59. The number of nitrogens with zero attached hydrogens (tertiary/aromatic N) is 1.